The molecule has 0 saturated carbocycles. The number of hydrogen-bond acceptors (Lipinski definition) is 5. The van der Waals surface area contributed by atoms with Crippen molar-refractivity contribution in [2.75, 3.05) is 6.61 Å². The molecule has 0 aliphatic rings. The first-order valence-corrected chi connectivity index (χ1v) is 8.45. The first kappa shape index (κ1) is 19.7. The predicted octanol–water partition coefficient (Wildman–Crippen LogP) is 3.89. The molecule has 2 aromatic rings. The van der Waals surface area contributed by atoms with E-state index >= 15 is 0 Å². The second kappa shape index (κ2) is 8.19. The number of carbonyl (C=O) groups excluding carboxylic acids is 3. The first-order valence-electron chi connectivity index (χ1n) is 8.07. The smallest absolute Gasteiger partial charge is 0.355 e. The Kier molecular flexibility index (Phi) is 6.21. The summed E-state index contributed by atoms with van der Waals surface area (Å²) >= 11 is 5.96. The lowest BCUT2D eigenvalue weighted by Crippen LogP contribution is -2.16. The van der Waals surface area contributed by atoms with Crippen LogP contribution in [0, 0.1) is 13.8 Å². The Bertz CT molecular complexity index is 854. The number of esters is 2. The van der Waals surface area contributed by atoms with Crippen LogP contribution in [0.15, 0.2) is 24.3 Å². The van der Waals surface area contributed by atoms with Gasteiger partial charge < -0.3 is 14.5 Å². The van der Waals surface area contributed by atoms with Crippen LogP contribution in [-0.2, 0) is 9.47 Å². The van der Waals surface area contributed by atoms with Crippen LogP contribution in [0.5, 0.6) is 0 Å². The average Bonchev–Trinajstić information content (AvgIpc) is 2.86. The standard InChI is InChI=1S/C19H20ClNO5/c1-10(2)26-18(23)16-11(3)17(21-12(16)4)19(24)25-9-15(22)13-7-5-6-8-14(13)20/h5-8,10,21H,9H2,1-4H3. The minimum atomic E-state index is -0.727. The molecule has 6 nitrogen and oxygen atoms in total. The summed E-state index contributed by atoms with van der Waals surface area (Å²) in [6, 6.07) is 6.52. The zero-order chi connectivity index (χ0) is 19.4. The van der Waals surface area contributed by atoms with Crippen molar-refractivity contribution >= 4 is 29.3 Å². The number of hydrogen-bond donors (Lipinski definition) is 1. The van der Waals surface area contributed by atoms with Gasteiger partial charge >= 0.3 is 11.9 Å². The van der Waals surface area contributed by atoms with Gasteiger partial charge in [0.2, 0.25) is 5.78 Å². The fourth-order valence-electron chi connectivity index (χ4n) is 2.50. The minimum absolute atomic E-state index is 0.116. The number of rotatable bonds is 6. The second-order valence-corrected chi connectivity index (χ2v) is 6.47. The van der Waals surface area contributed by atoms with E-state index in [0.717, 1.165) is 0 Å². The molecule has 26 heavy (non-hydrogen) atoms. The molecule has 1 heterocycles. The lowest BCUT2D eigenvalue weighted by atomic mass is 10.1. The van der Waals surface area contributed by atoms with Crippen molar-refractivity contribution in [1.29, 1.82) is 0 Å². The van der Waals surface area contributed by atoms with Gasteiger partial charge in [0.05, 0.1) is 16.7 Å². The van der Waals surface area contributed by atoms with Gasteiger partial charge in [0.25, 0.3) is 0 Å². The van der Waals surface area contributed by atoms with E-state index in [1.165, 1.54) is 0 Å². The molecule has 7 heteroatoms. The molecule has 0 unspecified atom stereocenters. The van der Waals surface area contributed by atoms with E-state index < -0.39 is 24.3 Å². The summed E-state index contributed by atoms with van der Waals surface area (Å²) in [6.45, 7) is 6.31. The second-order valence-electron chi connectivity index (χ2n) is 6.06. The minimum Gasteiger partial charge on any atom is -0.459 e. The molecule has 1 N–H and O–H groups in total. The Morgan fingerprint density at radius 1 is 1.12 bits per heavy atom. The summed E-state index contributed by atoms with van der Waals surface area (Å²) in [6.07, 6.45) is -0.278. The van der Waals surface area contributed by atoms with Crippen molar-refractivity contribution in [3.63, 3.8) is 0 Å². The summed E-state index contributed by atoms with van der Waals surface area (Å²) < 4.78 is 10.3. The summed E-state index contributed by atoms with van der Waals surface area (Å²) in [5, 5.41) is 0.291. The summed E-state index contributed by atoms with van der Waals surface area (Å²) in [5.74, 6) is -1.66. The Morgan fingerprint density at radius 2 is 1.77 bits per heavy atom. The maximum atomic E-state index is 12.3. The Balaban J connectivity index is 2.12. The molecule has 0 saturated heterocycles. The average molecular weight is 378 g/mol. The van der Waals surface area contributed by atoms with Crippen LogP contribution in [0.4, 0.5) is 0 Å². The number of halogens is 1. The van der Waals surface area contributed by atoms with Gasteiger partial charge in [0, 0.05) is 11.3 Å². The number of ketones is 1. The third-order valence-electron chi connectivity index (χ3n) is 3.70. The zero-order valence-electron chi connectivity index (χ0n) is 15.0. The SMILES string of the molecule is Cc1[nH]c(C(=O)OCC(=O)c2ccccc2Cl)c(C)c1C(=O)OC(C)C. The first-order chi connectivity index (χ1) is 12.2. The molecule has 138 valence electrons. The van der Waals surface area contributed by atoms with Gasteiger partial charge in [-0.15, -0.1) is 0 Å². The molecule has 0 radical (unpaired) electrons. The lowest BCUT2D eigenvalue weighted by molar-refractivity contribution is 0.0376. The maximum absolute atomic E-state index is 12.3. The van der Waals surface area contributed by atoms with E-state index in [0.29, 0.717) is 21.8 Å². The van der Waals surface area contributed by atoms with E-state index in [2.05, 4.69) is 4.98 Å². The highest BCUT2D eigenvalue weighted by Crippen LogP contribution is 2.21. The highest BCUT2D eigenvalue weighted by atomic mass is 35.5. The number of aryl methyl sites for hydroxylation is 1. The van der Waals surface area contributed by atoms with E-state index in [4.69, 9.17) is 21.1 Å². The maximum Gasteiger partial charge on any atom is 0.355 e. The van der Waals surface area contributed by atoms with Crippen LogP contribution in [-0.4, -0.2) is 35.4 Å². The van der Waals surface area contributed by atoms with Gasteiger partial charge in [0.15, 0.2) is 6.61 Å². The van der Waals surface area contributed by atoms with E-state index in [9.17, 15) is 14.4 Å². The van der Waals surface area contributed by atoms with Crippen molar-refractivity contribution in [2.45, 2.75) is 33.8 Å². The van der Waals surface area contributed by atoms with Gasteiger partial charge in [0.1, 0.15) is 5.69 Å². The fourth-order valence-corrected chi connectivity index (χ4v) is 2.74. The number of aromatic nitrogens is 1. The molecule has 0 aliphatic carbocycles. The quantitative estimate of drug-likeness (QED) is 0.609. The Hall–Kier alpha value is -2.60. The number of H-pyrrole nitrogens is 1. The van der Waals surface area contributed by atoms with Crippen LogP contribution in [0.2, 0.25) is 5.02 Å². The number of nitrogens with one attached hydrogen (secondary N) is 1. The number of Topliss-reactive ketones (excluding diaryl/α,β-unsaturated/α-hetero) is 1. The van der Waals surface area contributed by atoms with E-state index in [-0.39, 0.29) is 17.4 Å². The summed E-state index contributed by atoms with van der Waals surface area (Å²) in [4.78, 5) is 39.4. The molecule has 0 spiro atoms. The Morgan fingerprint density at radius 3 is 2.38 bits per heavy atom. The van der Waals surface area contributed by atoms with Crippen LogP contribution >= 0.6 is 11.6 Å². The highest BCUT2D eigenvalue weighted by molar-refractivity contribution is 6.34. The topological polar surface area (TPSA) is 85.5 Å². The predicted molar refractivity (Wildman–Crippen MR) is 96.9 cm³/mol. The van der Waals surface area contributed by atoms with Gasteiger partial charge in [-0.1, -0.05) is 23.7 Å². The number of ether oxygens (including phenoxy) is 2. The van der Waals surface area contributed by atoms with Crippen molar-refractivity contribution in [2.24, 2.45) is 0 Å². The van der Waals surface area contributed by atoms with Crippen molar-refractivity contribution in [3.05, 3.63) is 57.4 Å². The molecule has 0 fully saturated rings. The molecule has 0 atom stereocenters. The van der Waals surface area contributed by atoms with Crippen LogP contribution in [0.1, 0.15) is 56.3 Å². The molecule has 1 aromatic heterocycles. The molecule has 2 rings (SSSR count). The molecular weight excluding hydrogens is 358 g/mol. The van der Waals surface area contributed by atoms with Gasteiger partial charge in [-0.3, -0.25) is 4.79 Å². The van der Waals surface area contributed by atoms with Crippen LogP contribution < -0.4 is 0 Å². The van der Waals surface area contributed by atoms with Gasteiger partial charge in [-0.25, -0.2) is 9.59 Å². The molecular formula is C19H20ClNO5. The molecule has 0 amide bonds. The zero-order valence-corrected chi connectivity index (χ0v) is 15.8. The van der Waals surface area contributed by atoms with Crippen molar-refractivity contribution in [3.8, 4) is 0 Å². The lowest BCUT2D eigenvalue weighted by Gasteiger charge is -2.08. The molecule has 0 bridgehead atoms. The summed E-state index contributed by atoms with van der Waals surface area (Å²) in [7, 11) is 0. The Labute approximate surface area is 156 Å². The van der Waals surface area contributed by atoms with Crippen LogP contribution in [0.3, 0.4) is 0 Å². The number of benzene rings is 1. The fraction of sp³-hybridized carbons (Fsp3) is 0.316. The number of aromatic amines is 1. The summed E-state index contributed by atoms with van der Waals surface area (Å²) in [5.41, 5.74) is 1.61. The third kappa shape index (κ3) is 4.32. The molecule has 0 aliphatic heterocycles. The van der Waals surface area contributed by atoms with Gasteiger partial charge in [-0.2, -0.15) is 0 Å². The highest BCUT2D eigenvalue weighted by Gasteiger charge is 2.25. The van der Waals surface area contributed by atoms with Crippen molar-refractivity contribution < 1.29 is 23.9 Å². The van der Waals surface area contributed by atoms with E-state index in [1.54, 1.807) is 52.0 Å². The molecule has 1 aromatic carbocycles. The third-order valence-corrected chi connectivity index (χ3v) is 4.03. The van der Waals surface area contributed by atoms with Crippen molar-refractivity contribution in [1.82, 2.24) is 4.98 Å². The largest absolute Gasteiger partial charge is 0.459 e. The van der Waals surface area contributed by atoms with Crippen LogP contribution in [0.25, 0.3) is 0 Å². The number of carbonyl (C=O) groups is 3. The monoisotopic (exact) mass is 377 g/mol. The normalized spacial score (nSPS) is 10.7. The van der Waals surface area contributed by atoms with E-state index in [1.807, 2.05) is 0 Å². The van der Waals surface area contributed by atoms with Gasteiger partial charge in [-0.05, 0) is 45.4 Å².